The van der Waals surface area contributed by atoms with Gasteiger partial charge in [0.15, 0.2) is 9.84 Å². The minimum Gasteiger partial charge on any atom is -0.379 e. The molecule has 0 radical (unpaired) electrons. The van der Waals surface area contributed by atoms with E-state index < -0.39 is 23.8 Å². The Morgan fingerprint density at radius 1 is 0.821 bits per heavy atom. The molecule has 0 spiro atoms. The van der Waals surface area contributed by atoms with Crippen molar-refractivity contribution in [3.05, 3.63) is 24.0 Å². The van der Waals surface area contributed by atoms with Crippen molar-refractivity contribution in [1.82, 2.24) is 4.98 Å². The molecule has 11 heteroatoms. The van der Waals surface area contributed by atoms with Crippen LogP contribution in [0.5, 0.6) is 0 Å². The minimum atomic E-state index is -4.65. The minimum absolute atomic E-state index is 0.00789. The third kappa shape index (κ3) is 21.5. The molecular weight excluding hydrogens is 541 g/mol. The lowest BCUT2D eigenvalue weighted by atomic mass is 10.0. The van der Waals surface area contributed by atoms with E-state index in [1.807, 2.05) is 0 Å². The maximum atomic E-state index is 11.7. The highest BCUT2D eigenvalue weighted by molar-refractivity contribution is 7.90. The van der Waals surface area contributed by atoms with Gasteiger partial charge in [0, 0.05) is 25.3 Å². The lowest BCUT2D eigenvalue weighted by molar-refractivity contribution is -0.0494. The Bertz CT molecular complexity index is 893. The van der Waals surface area contributed by atoms with Crippen LogP contribution in [0.15, 0.2) is 23.4 Å². The Hall–Kier alpha value is -0.870. The highest BCUT2D eigenvalue weighted by atomic mass is 32.2. The predicted molar refractivity (Wildman–Crippen MR) is 154 cm³/mol. The van der Waals surface area contributed by atoms with Gasteiger partial charge in [-0.1, -0.05) is 103 Å². The van der Waals surface area contributed by atoms with Gasteiger partial charge in [-0.3, -0.25) is 9.51 Å². The van der Waals surface area contributed by atoms with Crippen LogP contribution in [0.1, 0.15) is 115 Å². The molecule has 0 saturated carbocycles. The number of ether oxygens (including phenoxy) is 2. The number of unbranched alkanes of at least 4 members (excludes halogenated alkanes) is 15. The molecule has 1 unspecified atom stereocenters. The first kappa shape index (κ1) is 36.2. The van der Waals surface area contributed by atoms with Crippen LogP contribution in [0.3, 0.4) is 0 Å². The van der Waals surface area contributed by atoms with Gasteiger partial charge in [0.05, 0.1) is 24.7 Å². The van der Waals surface area contributed by atoms with E-state index in [9.17, 15) is 13.0 Å². The summed E-state index contributed by atoms with van der Waals surface area (Å²) in [5, 5.41) is 0. The predicted octanol–water partition coefficient (Wildman–Crippen LogP) is 6.76. The standard InChI is InChI=1S/C28H52NO8PS/c1-3-4-5-6-7-8-9-10-11-12-13-14-15-16-17-18-19-35-24-27(25-37-38(30,31)32)36-23-26-20-28(22-29-21-26)39(2,33)34/h20-22,27H,3-19,23-25H2,1-2H3,(H2,30,31,32). The van der Waals surface area contributed by atoms with Gasteiger partial charge in [-0.2, -0.15) is 0 Å². The Morgan fingerprint density at radius 3 is 1.82 bits per heavy atom. The second-order valence-electron chi connectivity index (χ2n) is 10.4. The number of rotatable bonds is 26. The van der Waals surface area contributed by atoms with Crippen LogP contribution in [0, 0.1) is 0 Å². The van der Waals surface area contributed by atoms with Crippen molar-refractivity contribution in [3.63, 3.8) is 0 Å². The second-order valence-corrected chi connectivity index (χ2v) is 13.7. The lowest BCUT2D eigenvalue weighted by Gasteiger charge is -2.18. The van der Waals surface area contributed by atoms with Gasteiger partial charge in [-0.25, -0.2) is 13.0 Å². The highest BCUT2D eigenvalue weighted by Gasteiger charge is 2.19. The molecule has 228 valence electrons. The van der Waals surface area contributed by atoms with E-state index in [0.29, 0.717) is 12.2 Å². The number of hydrogen-bond acceptors (Lipinski definition) is 7. The fourth-order valence-electron chi connectivity index (χ4n) is 4.25. The zero-order valence-electron chi connectivity index (χ0n) is 24.1. The van der Waals surface area contributed by atoms with E-state index >= 15 is 0 Å². The third-order valence-corrected chi connectivity index (χ3v) is 8.12. The highest BCUT2D eigenvalue weighted by Crippen LogP contribution is 2.36. The SMILES string of the molecule is CCCCCCCCCCCCCCCCCCOCC(COP(=O)(O)O)OCc1cncc(S(C)(=O)=O)c1. The number of sulfone groups is 1. The Balaban J connectivity index is 2.13. The average molecular weight is 594 g/mol. The molecule has 0 aromatic carbocycles. The van der Waals surface area contributed by atoms with Crippen LogP contribution < -0.4 is 0 Å². The van der Waals surface area contributed by atoms with E-state index in [0.717, 1.165) is 19.1 Å². The molecule has 1 heterocycles. The molecule has 0 aliphatic carbocycles. The summed E-state index contributed by atoms with van der Waals surface area (Å²) in [6, 6.07) is 1.46. The van der Waals surface area contributed by atoms with Crippen LogP contribution >= 0.6 is 7.82 Å². The first-order valence-electron chi connectivity index (χ1n) is 14.6. The maximum absolute atomic E-state index is 11.7. The van der Waals surface area contributed by atoms with Crippen molar-refractivity contribution in [1.29, 1.82) is 0 Å². The van der Waals surface area contributed by atoms with Crippen molar-refractivity contribution in [3.8, 4) is 0 Å². The molecule has 1 atom stereocenters. The molecule has 0 bridgehead atoms. The smallest absolute Gasteiger partial charge is 0.379 e. The van der Waals surface area contributed by atoms with E-state index in [-0.39, 0.29) is 24.7 Å². The zero-order valence-corrected chi connectivity index (χ0v) is 25.8. The normalized spacial score (nSPS) is 13.1. The van der Waals surface area contributed by atoms with Crippen molar-refractivity contribution >= 4 is 17.7 Å². The van der Waals surface area contributed by atoms with Gasteiger partial charge in [0.2, 0.25) is 0 Å². The molecule has 9 nitrogen and oxygen atoms in total. The van der Waals surface area contributed by atoms with Gasteiger partial charge < -0.3 is 19.3 Å². The van der Waals surface area contributed by atoms with Gasteiger partial charge in [0.1, 0.15) is 6.10 Å². The Kier molecular flexibility index (Phi) is 20.2. The van der Waals surface area contributed by atoms with Gasteiger partial charge in [0.25, 0.3) is 0 Å². The van der Waals surface area contributed by atoms with Crippen molar-refractivity contribution < 1.29 is 36.8 Å². The Morgan fingerprint density at radius 2 is 1.33 bits per heavy atom. The van der Waals surface area contributed by atoms with E-state index in [4.69, 9.17) is 19.3 Å². The molecule has 0 saturated heterocycles. The monoisotopic (exact) mass is 593 g/mol. The largest absolute Gasteiger partial charge is 0.469 e. The van der Waals surface area contributed by atoms with Crippen molar-refractivity contribution in [2.75, 3.05) is 26.1 Å². The molecular formula is C28H52NO8PS. The summed E-state index contributed by atoms with van der Waals surface area (Å²) in [7, 11) is -8.05. The fourth-order valence-corrected chi connectivity index (χ4v) is 5.23. The van der Waals surface area contributed by atoms with Crippen molar-refractivity contribution in [2.45, 2.75) is 127 Å². The van der Waals surface area contributed by atoms with Gasteiger partial charge in [-0.15, -0.1) is 0 Å². The summed E-state index contributed by atoms with van der Waals surface area (Å²) >= 11 is 0. The number of phosphoric acid groups is 1. The summed E-state index contributed by atoms with van der Waals surface area (Å²) in [6.07, 6.45) is 23.8. The van der Waals surface area contributed by atoms with E-state index in [1.165, 1.54) is 108 Å². The number of pyridine rings is 1. The average Bonchev–Trinajstić information content (AvgIpc) is 2.88. The third-order valence-electron chi connectivity index (χ3n) is 6.56. The van der Waals surface area contributed by atoms with Crippen LogP contribution in [-0.2, 0) is 35.0 Å². The molecule has 1 aromatic heterocycles. The van der Waals surface area contributed by atoms with Crippen LogP contribution in [0.4, 0.5) is 0 Å². The first-order chi connectivity index (χ1) is 18.6. The quantitative estimate of drug-likeness (QED) is 0.0883. The van der Waals surface area contributed by atoms with Gasteiger partial charge >= 0.3 is 7.82 Å². The molecule has 39 heavy (non-hydrogen) atoms. The molecule has 1 rings (SSSR count). The molecule has 0 fully saturated rings. The molecule has 0 aliphatic rings. The summed E-state index contributed by atoms with van der Waals surface area (Å²) in [5.41, 5.74) is 0.525. The fraction of sp³-hybridized carbons (Fsp3) is 0.821. The molecule has 1 aromatic rings. The van der Waals surface area contributed by atoms with Gasteiger partial charge in [-0.05, 0) is 18.1 Å². The van der Waals surface area contributed by atoms with Crippen LogP contribution in [0.2, 0.25) is 0 Å². The van der Waals surface area contributed by atoms with Crippen LogP contribution in [-0.4, -0.2) is 55.4 Å². The topological polar surface area (TPSA) is 132 Å². The maximum Gasteiger partial charge on any atom is 0.469 e. The summed E-state index contributed by atoms with van der Waals surface area (Å²) < 4.78 is 50.5. The zero-order chi connectivity index (χ0) is 28.8. The van der Waals surface area contributed by atoms with E-state index in [2.05, 4.69) is 16.4 Å². The van der Waals surface area contributed by atoms with E-state index in [1.54, 1.807) is 0 Å². The molecule has 2 N–H and O–H groups in total. The van der Waals surface area contributed by atoms with Crippen LogP contribution in [0.25, 0.3) is 0 Å². The number of hydrogen-bond donors (Lipinski definition) is 2. The second kappa shape index (κ2) is 21.8. The summed E-state index contributed by atoms with van der Waals surface area (Å²) in [4.78, 5) is 22.0. The summed E-state index contributed by atoms with van der Waals surface area (Å²) in [5.74, 6) is 0. The van der Waals surface area contributed by atoms with Crippen molar-refractivity contribution in [2.24, 2.45) is 0 Å². The number of phosphoric ester groups is 1. The summed E-state index contributed by atoms with van der Waals surface area (Å²) in [6.45, 7) is 2.56. The number of aromatic nitrogens is 1. The molecule has 0 amide bonds. The Labute approximate surface area is 236 Å². The number of nitrogens with zero attached hydrogens (tertiary/aromatic N) is 1. The molecule has 0 aliphatic heterocycles. The first-order valence-corrected chi connectivity index (χ1v) is 18.1. The lowest BCUT2D eigenvalue weighted by Crippen LogP contribution is -2.25.